The van der Waals surface area contributed by atoms with E-state index in [9.17, 15) is 19.4 Å². The van der Waals surface area contributed by atoms with E-state index in [1.54, 1.807) is 30.3 Å². The third-order valence-electron chi connectivity index (χ3n) is 5.11. The fourth-order valence-corrected chi connectivity index (χ4v) is 3.73. The van der Waals surface area contributed by atoms with E-state index in [0.717, 1.165) is 5.56 Å². The Hall–Kier alpha value is -3.03. The van der Waals surface area contributed by atoms with Crippen molar-refractivity contribution >= 4 is 35.0 Å². The highest BCUT2D eigenvalue weighted by atomic mass is 35.5. The Kier molecular flexibility index (Phi) is 8.75. The van der Waals surface area contributed by atoms with E-state index in [1.807, 2.05) is 19.9 Å². The number of rotatable bonds is 8. The lowest BCUT2D eigenvalue weighted by molar-refractivity contribution is -0.141. The number of carboxylic acid groups (broad SMARTS) is 1. The highest BCUT2D eigenvalue weighted by Gasteiger charge is 2.35. The van der Waals surface area contributed by atoms with E-state index in [1.165, 1.54) is 19.1 Å². The number of nitrogens with one attached hydrogen (secondary N) is 1. The van der Waals surface area contributed by atoms with Crippen molar-refractivity contribution in [2.24, 2.45) is 0 Å². The third-order valence-corrected chi connectivity index (χ3v) is 5.78. The van der Waals surface area contributed by atoms with Crippen molar-refractivity contribution in [2.75, 3.05) is 5.32 Å². The van der Waals surface area contributed by atoms with Crippen molar-refractivity contribution in [1.82, 2.24) is 4.98 Å². The molecule has 0 bridgehead atoms. The number of anilines is 1. The summed E-state index contributed by atoms with van der Waals surface area (Å²) in [5.41, 5.74) is -0.185. The molecule has 0 saturated carbocycles. The van der Waals surface area contributed by atoms with Crippen LogP contribution in [0.3, 0.4) is 0 Å². The molecule has 2 aromatic carbocycles. The summed E-state index contributed by atoms with van der Waals surface area (Å²) in [6.45, 7) is 5.24. The maximum absolute atomic E-state index is 14.6. The number of carboxylic acids is 1. The molecule has 0 aliphatic carbocycles. The second-order valence-corrected chi connectivity index (χ2v) is 8.87. The molecule has 0 aliphatic rings. The Morgan fingerprint density at radius 3 is 2.41 bits per heavy atom. The fourth-order valence-electron chi connectivity index (χ4n) is 3.28. The van der Waals surface area contributed by atoms with Crippen LogP contribution < -0.4 is 10.1 Å². The van der Waals surface area contributed by atoms with Crippen LogP contribution in [0, 0.1) is 5.95 Å². The molecule has 6 nitrogen and oxygen atoms in total. The predicted octanol–water partition coefficient (Wildman–Crippen LogP) is 7.28. The fraction of sp³-hybridized carbons (Fsp3) is 0.280. The lowest BCUT2D eigenvalue weighted by Crippen LogP contribution is -2.45. The molecule has 182 valence electrons. The molecule has 3 N–H and O–H groups in total. The zero-order valence-electron chi connectivity index (χ0n) is 18.2. The van der Waals surface area contributed by atoms with Gasteiger partial charge in [0.05, 0.1) is 0 Å². The minimum Gasteiger partial charge on any atom is -0.508 e. The maximum atomic E-state index is 14.6. The molecule has 0 fully saturated rings. The number of carbonyl (C=O) groups is 1. The Labute approximate surface area is 208 Å². The van der Waals surface area contributed by atoms with Crippen LogP contribution >= 0.6 is 23.2 Å². The molecular weight excluding hydrogens is 482 g/mol. The highest BCUT2D eigenvalue weighted by Crippen LogP contribution is 2.43. The average Bonchev–Trinajstić information content (AvgIpc) is 2.76. The molecule has 0 aliphatic heterocycles. The number of aromatic hydroxyl groups is 1. The van der Waals surface area contributed by atoms with Crippen LogP contribution in [0.1, 0.15) is 45.2 Å². The first-order valence-corrected chi connectivity index (χ1v) is 10.9. The Morgan fingerprint density at radius 1 is 1.18 bits per heavy atom. The molecule has 3 rings (SSSR count). The monoisotopic (exact) mass is 508 g/mol. The molecule has 0 radical (unpaired) electrons. The largest absolute Gasteiger partial charge is 0.508 e. The second kappa shape index (κ2) is 10.9. The van der Waals surface area contributed by atoms with Crippen LogP contribution in [0.4, 0.5) is 10.2 Å². The van der Waals surface area contributed by atoms with Crippen LogP contribution in [0.15, 0.2) is 48.5 Å². The first-order valence-electron chi connectivity index (χ1n) is 10.1. The summed E-state index contributed by atoms with van der Waals surface area (Å²) in [7, 11) is 0. The van der Waals surface area contributed by atoms with E-state index in [-0.39, 0.29) is 47.9 Å². The zero-order valence-corrected chi connectivity index (χ0v) is 19.7. The number of aliphatic carboxylic acids is 1. The second-order valence-electron chi connectivity index (χ2n) is 8.11. The van der Waals surface area contributed by atoms with Crippen LogP contribution in [-0.4, -0.2) is 26.7 Å². The van der Waals surface area contributed by atoms with Gasteiger partial charge in [-0.3, -0.25) is 0 Å². The van der Waals surface area contributed by atoms with Crippen molar-refractivity contribution in [3.63, 3.8) is 0 Å². The van der Waals surface area contributed by atoms with E-state index in [4.69, 9.17) is 27.9 Å². The molecule has 1 heterocycles. The van der Waals surface area contributed by atoms with Gasteiger partial charge in [-0.1, -0.05) is 74.8 Å². The number of halogens is 3. The first-order chi connectivity index (χ1) is 15.5. The van der Waals surface area contributed by atoms with Gasteiger partial charge in [-0.25, -0.2) is 4.79 Å². The quantitative estimate of drug-likeness (QED) is 0.277. The molecule has 0 spiro atoms. The van der Waals surface area contributed by atoms with Gasteiger partial charge in [0, 0.05) is 12.0 Å². The van der Waals surface area contributed by atoms with Gasteiger partial charge in [-0.2, -0.15) is 9.37 Å². The molecule has 3 aromatic rings. The predicted molar refractivity (Wildman–Crippen MR) is 133 cm³/mol. The number of pyridine rings is 1. The number of ether oxygens (including phenoxy) is 1. The van der Waals surface area contributed by atoms with Crippen molar-refractivity contribution in [3.8, 4) is 17.2 Å². The van der Waals surface area contributed by atoms with Crippen molar-refractivity contribution in [3.05, 3.63) is 75.7 Å². The van der Waals surface area contributed by atoms with Gasteiger partial charge in [0.2, 0.25) is 5.95 Å². The van der Waals surface area contributed by atoms with Crippen LogP contribution in [-0.2, 0) is 11.2 Å². The first kappa shape index (κ1) is 27.2. The molecule has 0 amide bonds. The minimum atomic E-state index is -1.56. The molecule has 34 heavy (non-hydrogen) atoms. The van der Waals surface area contributed by atoms with Crippen LogP contribution in [0.2, 0.25) is 10.0 Å². The van der Waals surface area contributed by atoms with Gasteiger partial charge in [-0.15, -0.1) is 0 Å². The normalized spacial score (nSPS) is 12.6. The minimum absolute atomic E-state index is 0. The molecule has 1 aromatic heterocycles. The highest BCUT2D eigenvalue weighted by molar-refractivity contribution is 6.38. The summed E-state index contributed by atoms with van der Waals surface area (Å²) < 4.78 is 20.3. The molecular formula is C25H27Cl2FN2O4. The molecule has 9 heteroatoms. The Balaban J connectivity index is 0.00000408. The SMILES string of the molecule is C.CC(C)c1cc(Oc2c(Cl)c(F)nc(N[C@@](C)(Cc3ccccc3)C(=O)O)c2Cl)ccc1O. The van der Waals surface area contributed by atoms with Crippen LogP contribution in [0.25, 0.3) is 0 Å². The average molecular weight is 509 g/mol. The third kappa shape index (κ3) is 5.90. The van der Waals surface area contributed by atoms with Crippen LogP contribution in [0.5, 0.6) is 17.2 Å². The van der Waals surface area contributed by atoms with E-state index in [0.29, 0.717) is 5.56 Å². The van der Waals surface area contributed by atoms with Gasteiger partial charge in [-0.05, 0) is 36.6 Å². The molecule has 1 atom stereocenters. The van der Waals surface area contributed by atoms with Gasteiger partial charge < -0.3 is 20.3 Å². The van der Waals surface area contributed by atoms with Gasteiger partial charge in [0.1, 0.15) is 27.1 Å². The van der Waals surface area contributed by atoms with E-state index >= 15 is 0 Å². The Morgan fingerprint density at radius 2 is 1.82 bits per heavy atom. The maximum Gasteiger partial charge on any atom is 0.329 e. The summed E-state index contributed by atoms with van der Waals surface area (Å²) >= 11 is 12.5. The molecule has 0 saturated heterocycles. The number of phenolic OH excluding ortho intramolecular Hbond substituents is 1. The van der Waals surface area contributed by atoms with Gasteiger partial charge in [0.15, 0.2) is 11.6 Å². The summed E-state index contributed by atoms with van der Waals surface area (Å²) in [5, 5.41) is 22.0. The number of hydrogen-bond donors (Lipinski definition) is 3. The smallest absolute Gasteiger partial charge is 0.329 e. The number of nitrogens with zero attached hydrogens (tertiary/aromatic N) is 1. The summed E-state index contributed by atoms with van der Waals surface area (Å²) in [6, 6.07) is 13.5. The van der Waals surface area contributed by atoms with Gasteiger partial charge in [0.25, 0.3) is 0 Å². The summed E-state index contributed by atoms with van der Waals surface area (Å²) in [5.74, 6) is -2.34. The van der Waals surface area contributed by atoms with Crippen molar-refractivity contribution < 1.29 is 24.1 Å². The summed E-state index contributed by atoms with van der Waals surface area (Å²) in [4.78, 5) is 15.8. The van der Waals surface area contributed by atoms with Crippen molar-refractivity contribution in [2.45, 2.75) is 46.1 Å². The Bertz CT molecular complexity index is 1180. The van der Waals surface area contributed by atoms with E-state index < -0.39 is 22.5 Å². The number of hydrogen-bond acceptors (Lipinski definition) is 5. The summed E-state index contributed by atoms with van der Waals surface area (Å²) in [6.07, 6.45) is 0.0807. The lowest BCUT2D eigenvalue weighted by Gasteiger charge is -2.28. The number of benzene rings is 2. The van der Waals surface area contributed by atoms with Crippen molar-refractivity contribution in [1.29, 1.82) is 0 Å². The van der Waals surface area contributed by atoms with E-state index in [2.05, 4.69) is 10.3 Å². The zero-order chi connectivity index (χ0) is 24.3. The topological polar surface area (TPSA) is 91.7 Å². The van der Waals surface area contributed by atoms with Gasteiger partial charge >= 0.3 is 5.97 Å². The number of phenols is 1. The standard InChI is InChI=1S/C24H23Cl2FN2O4.CH4/c1-13(2)16-11-15(9-10-17(16)30)33-20-18(25)21(27)28-22(19(20)26)29-24(3,23(31)32)12-14-7-5-4-6-8-14;/h4-11,13,30H,12H2,1-3H3,(H,28,29)(H,31,32);1H4/t24-;/m0./s1. The molecule has 0 unspecified atom stereocenters. The lowest BCUT2D eigenvalue weighted by atomic mass is 9.93. The number of aromatic nitrogens is 1.